The Kier molecular flexibility index (Phi) is 2.20. The van der Waals surface area contributed by atoms with Crippen molar-refractivity contribution in [1.82, 2.24) is 0 Å². The lowest BCUT2D eigenvalue weighted by Gasteiger charge is -2.23. The molecule has 0 fully saturated rings. The van der Waals surface area contributed by atoms with Crippen molar-refractivity contribution in [3.05, 3.63) is 29.8 Å². The lowest BCUT2D eigenvalue weighted by molar-refractivity contribution is 0.283. The Labute approximate surface area is 82.7 Å². The van der Waals surface area contributed by atoms with Crippen molar-refractivity contribution in [2.24, 2.45) is 5.14 Å². The van der Waals surface area contributed by atoms with Crippen molar-refractivity contribution in [3.63, 3.8) is 0 Å². The second kappa shape index (κ2) is 3.25. The van der Waals surface area contributed by atoms with Crippen LogP contribution in [0.4, 0.5) is 0 Å². The van der Waals surface area contributed by atoms with Gasteiger partial charge in [-0.3, -0.25) is 0 Å². The molecule has 76 valence electrons. The molecule has 0 aromatic heterocycles. The minimum Gasteiger partial charge on any atom is -0.493 e. The maximum absolute atomic E-state index is 11.3. The van der Waals surface area contributed by atoms with E-state index < -0.39 is 15.3 Å². The van der Waals surface area contributed by atoms with Crippen molar-refractivity contribution in [2.75, 3.05) is 6.61 Å². The molecule has 2 N–H and O–H groups in total. The van der Waals surface area contributed by atoms with Crippen molar-refractivity contribution in [3.8, 4) is 5.75 Å². The molecule has 1 aromatic carbocycles. The highest BCUT2D eigenvalue weighted by atomic mass is 32.2. The average Bonchev–Trinajstić information content (AvgIpc) is 2.15. The average molecular weight is 213 g/mol. The van der Waals surface area contributed by atoms with E-state index in [1.165, 1.54) is 0 Å². The van der Waals surface area contributed by atoms with E-state index in [2.05, 4.69) is 0 Å². The molecule has 0 saturated carbocycles. The van der Waals surface area contributed by atoms with Crippen LogP contribution in [0.2, 0.25) is 0 Å². The Hall–Kier alpha value is -1.07. The molecule has 0 spiro atoms. The normalized spacial score (nSPS) is 21.1. The number of ether oxygens (including phenoxy) is 1. The number of fused-ring (bicyclic) bond motifs is 1. The summed E-state index contributed by atoms with van der Waals surface area (Å²) in [5.74, 6) is 0.623. The van der Waals surface area contributed by atoms with E-state index in [-0.39, 0.29) is 0 Å². The first kappa shape index (κ1) is 9.48. The van der Waals surface area contributed by atoms with Gasteiger partial charge < -0.3 is 4.74 Å². The minimum absolute atomic E-state index is 0.401. The van der Waals surface area contributed by atoms with Gasteiger partial charge in [0.1, 0.15) is 11.0 Å². The van der Waals surface area contributed by atoms with Gasteiger partial charge in [0, 0.05) is 12.0 Å². The van der Waals surface area contributed by atoms with Crippen LogP contribution in [0, 0.1) is 0 Å². The second-order valence-electron chi connectivity index (χ2n) is 3.25. The minimum atomic E-state index is -3.52. The van der Waals surface area contributed by atoms with Gasteiger partial charge in [-0.2, -0.15) is 0 Å². The number of primary sulfonamides is 1. The summed E-state index contributed by atoms with van der Waals surface area (Å²) in [6.07, 6.45) is 0.426. The van der Waals surface area contributed by atoms with E-state index in [1.54, 1.807) is 18.2 Å². The monoisotopic (exact) mass is 213 g/mol. The summed E-state index contributed by atoms with van der Waals surface area (Å²) in [5.41, 5.74) is 0.668. The van der Waals surface area contributed by atoms with Crippen LogP contribution >= 0.6 is 0 Å². The number of hydrogen-bond donors (Lipinski definition) is 1. The number of benzene rings is 1. The molecule has 4 nitrogen and oxygen atoms in total. The molecule has 0 aliphatic carbocycles. The molecule has 1 aliphatic rings. The van der Waals surface area contributed by atoms with Crippen LogP contribution in [-0.4, -0.2) is 15.0 Å². The molecule has 5 heteroatoms. The van der Waals surface area contributed by atoms with Crippen LogP contribution in [0.15, 0.2) is 24.3 Å². The van der Waals surface area contributed by atoms with E-state index in [4.69, 9.17) is 9.88 Å². The Balaban J connectivity index is 2.51. The number of sulfonamides is 1. The number of nitrogens with two attached hydrogens (primary N) is 1. The van der Waals surface area contributed by atoms with Crippen LogP contribution < -0.4 is 9.88 Å². The molecular formula is C9H11NO3S. The lowest BCUT2D eigenvalue weighted by atomic mass is 10.1. The standard InChI is InChI=1S/C9H11NO3S/c10-14(11,12)9-5-6-13-8-4-2-1-3-7(8)9/h1-4,9H,5-6H2,(H2,10,11,12). The van der Waals surface area contributed by atoms with Gasteiger partial charge in [0.15, 0.2) is 0 Å². The zero-order chi connectivity index (χ0) is 10.2. The number of rotatable bonds is 1. The Morgan fingerprint density at radius 2 is 2.07 bits per heavy atom. The van der Waals surface area contributed by atoms with Gasteiger partial charge >= 0.3 is 0 Å². The van der Waals surface area contributed by atoms with E-state index in [0.29, 0.717) is 24.3 Å². The fourth-order valence-electron chi connectivity index (χ4n) is 1.65. The largest absolute Gasteiger partial charge is 0.493 e. The molecule has 14 heavy (non-hydrogen) atoms. The van der Waals surface area contributed by atoms with Crippen molar-refractivity contribution in [2.45, 2.75) is 11.7 Å². The molecule has 1 heterocycles. The molecule has 0 saturated heterocycles. The molecule has 1 aliphatic heterocycles. The van der Waals surface area contributed by atoms with Crippen molar-refractivity contribution in [1.29, 1.82) is 0 Å². The maximum Gasteiger partial charge on any atom is 0.216 e. The zero-order valence-corrected chi connectivity index (χ0v) is 8.33. The fourth-order valence-corrected chi connectivity index (χ4v) is 2.62. The van der Waals surface area contributed by atoms with Gasteiger partial charge in [-0.15, -0.1) is 0 Å². The molecule has 0 amide bonds. The van der Waals surface area contributed by atoms with E-state index in [0.717, 1.165) is 0 Å². The second-order valence-corrected chi connectivity index (χ2v) is 5.00. The van der Waals surface area contributed by atoms with Gasteiger partial charge in [0.2, 0.25) is 10.0 Å². The molecule has 1 unspecified atom stereocenters. The third-order valence-electron chi connectivity index (χ3n) is 2.30. The van der Waals surface area contributed by atoms with Gasteiger partial charge in [-0.25, -0.2) is 13.6 Å². The smallest absolute Gasteiger partial charge is 0.216 e. The first-order chi connectivity index (χ1) is 6.59. The predicted octanol–water partition coefficient (Wildman–Crippen LogP) is 0.799. The van der Waals surface area contributed by atoms with Crippen LogP contribution in [-0.2, 0) is 10.0 Å². The van der Waals surface area contributed by atoms with Gasteiger partial charge in [-0.05, 0) is 6.07 Å². The molecule has 1 aromatic rings. The van der Waals surface area contributed by atoms with Crippen LogP contribution in [0.5, 0.6) is 5.75 Å². The first-order valence-electron chi connectivity index (χ1n) is 4.32. The lowest BCUT2D eigenvalue weighted by Crippen LogP contribution is -2.26. The Morgan fingerprint density at radius 1 is 1.36 bits per heavy atom. The number of hydrogen-bond acceptors (Lipinski definition) is 3. The highest BCUT2D eigenvalue weighted by Gasteiger charge is 2.29. The maximum atomic E-state index is 11.3. The molecule has 2 rings (SSSR count). The van der Waals surface area contributed by atoms with E-state index >= 15 is 0 Å². The molecule has 1 atom stereocenters. The topological polar surface area (TPSA) is 69.4 Å². The fraction of sp³-hybridized carbons (Fsp3) is 0.333. The van der Waals surface area contributed by atoms with Crippen LogP contribution in [0.25, 0.3) is 0 Å². The van der Waals surface area contributed by atoms with E-state index in [1.807, 2.05) is 6.07 Å². The first-order valence-corrected chi connectivity index (χ1v) is 5.93. The predicted molar refractivity (Wildman–Crippen MR) is 52.4 cm³/mol. The SMILES string of the molecule is NS(=O)(=O)C1CCOc2ccccc21. The van der Waals surface area contributed by atoms with Crippen molar-refractivity contribution < 1.29 is 13.2 Å². The van der Waals surface area contributed by atoms with Gasteiger partial charge in [0.05, 0.1) is 6.61 Å². The quantitative estimate of drug-likeness (QED) is 0.750. The zero-order valence-electron chi connectivity index (χ0n) is 7.51. The van der Waals surface area contributed by atoms with Gasteiger partial charge in [0.25, 0.3) is 0 Å². The van der Waals surface area contributed by atoms with Gasteiger partial charge in [-0.1, -0.05) is 18.2 Å². The van der Waals surface area contributed by atoms with Crippen LogP contribution in [0.3, 0.4) is 0 Å². The Morgan fingerprint density at radius 3 is 2.79 bits per heavy atom. The Bertz CT molecular complexity index is 441. The highest BCUT2D eigenvalue weighted by Crippen LogP contribution is 2.35. The molecular weight excluding hydrogens is 202 g/mol. The summed E-state index contributed by atoms with van der Waals surface area (Å²) in [6.45, 7) is 0.401. The van der Waals surface area contributed by atoms with Crippen LogP contribution in [0.1, 0.15) is 17.2 Å². The van der Waals surface area contributed by atoms with E-state index in [9.17, 15) is 8.42 Å². The summed E-state index contributed by atoms with van der Waals surface area (Å²) >= 11 is 0. The third-order valence-corrected chi connectivity index (χ3v) is 3.58. The summed E-state index contributed by atoms with van der Waals surface area (Å²) in [7, 11) is -3.52. The summed E-state index contributed by atoms with van der Waals surface area (Å²) < 4.78 is 27.9. The number of para-hydroxylation sites is 1. The molecule has 0 bridgehead atoms. The molecule has 0 radical (unpaired) electrons. The third kappa shape index (κ3) is 1.60. The van der Waals surface area contributed by atoms with Crippen molar-refractivity contribution >= 4 is 10.0 Å². The summed E-state index contributed by atoms with van der Waals surface area (Å²) in [4.78, 5) is 0. The highest BCUT2D eigenvalue weighted by molar-refractivity contribution is 7.89. The summed E-state index contributed by atoms with van der Waals surface area (Å²) in [6, 6.07) is 7.09. The summed E-state index contributed by atoms with van der Waals surface area (Å²) in [5, 5.41) is 4.52.